The van der Waals surface area contributed by atoms with Crippen molar-refractivity contribution in [3.8, 4) is 5.75 Å². The molecule has 26 heavy (non-hydrogen) atoms. The van der Waals surface area contributed by atoms with Gasteiger partial charge in [0.25, 0.3) is 5.91 Å². The summed E-state index contributed by atoms with van der Waals surface area (Å²) in [6.07, 6.45) is 0. The van der Waals surface area contributed by atoms with Gasteiger partial charge in [-0.25, -0.2) is 0 Å². The van der Waals surface area contributed by atoms with E-state index in [2.05, 4.69) is 5.32 Å². The van der Waals surface area contributed by atoms with Crippen LogP contribution < -0.4 is 10.1 Å². The van der Waals surface area contributed by atoms with Crippen LogP contribution in [0.5, 0.6) is 5.75 Å². The second kappa shape index (κ2) is 7.48. The lowest BCUT2D eigenvalue weighted by Gasteiger charge is -2.09. The van der Waals surface area contributed by atoms with Crippen LogP contribution in [0, 0.1) is 27.7 Å². The monoisotopic (exact) mass is 349 g/mol. The molecule has 0 radical (unpaired) electrons. The van der Waals surface area contributed by atoms with E-state index in [1.54, 1.807) is 12.1 Å². The van der Waals surface area contributed by atoms with Crippen molar-refractivity contribution in [3.63, 3.8) is 0 Å². The maximum Gasteiger partial charge on any atom is 0.291 e. The highest BCUT2D eigenvalue weighted by atomic mass is 16.5. The zero-order chi connectivity index (χ0) is 18.7. The zero-order valence-corrected chi connectivity index (χ0v) is 15.6. The molecule has 0 bridgehead atoms. The molecular weight excluding hydrogens is 326 g/mol. The third kappa shape index (κ3) is 3.97. The molecule has 4 heteroatoms. The number of carbonyl (C=O) groups is 1. The van der Waals surface area contributed by atoms with Gasteiger partial charge in [0.1, 0.15) is 18.1 Å². The molecule has 0 saturated carbocycles. The van der Waals surface area contributed by atoms with Crippen LogP contribution in [0.15, 0.2) is 52.9 Å². The molecule has 2 aromatic carbocycles. The molecule has 0 atom stereocenters. The van der Waals surface area contributed by atoms with Gasteiger partial charge >= 0.3 is 0 Å². The average molecular weight is 349 g/mol. The van der Waals surface area contributed by atoms with Crippen LogP contribution in [-0.4, -0.2) is 5.91 Å². The minimum absolute atomic E-state index is 0.267. The van der Waals surface area contributed by atoms with E-state index in [0.29, 0.717) is 5.76 Å². The van der Waals surface area contributed by atoms with Crippen LogP contribution in [0.4, 0.5) is 5.69 Å². The van der Waals surface area contributed by atoms with E-state index in [9.17, 15) is 4.79 Å². The summed E-state index contributed by atoms with van der Waals surface area (Å²) in [6, 6.07) is 15.3. The number of anilines is 1. The van der Waals surface area contributed by atoms with Gasteiger partial charge in [-0.3, -0.25) is 4.79 Å². The van der Waals surface area contributed by atoms with Gasteiger partial charge in [0.15, 0.2) is 5.76 Å². The topological polar surface area (TPSA) is 51.5 Å². The van der Waals surface area contributed by atoms with Gasteiger partial charge in [-0.1, -0.05) is 24.3 Å². The van der Waals surface area contributed by atoms with Crippen LogP contribution in [0.1, 0.15) is 38.6 Å². The molecule has 0 aliphatic carbocycles. The summed E-state index contributed by atoms with van der Waals surface area (Å²) < 4.78 is 11.5. The molecule has 4 nitrogen and oxygen atoms in total. The molecule has 0 spiro atoms. The van der Waals surface area contributed by atoms with Crippen molar-refractivity contribution in [2.45, 2.75) is 34.3 Å². The van der Waals surface area contributed by atoms with Crippen molar-refractivity contribution in [3.05, 3.63) is 82.3 Å². The first-order valence-corrected chi connectivity index (χ1v) is 8.60. The van der Waals surface area contributed by atoms with E-state index < -0.39 is 0 Å². The summed E-state index contributed by atoms with van der Waals surface area (Å²) >= 11 is 0. The van der Waals surface area contributed by atoms with Gasteiger partial charge in [-0.05, 0) is 74.2 Å². The number of hydrogen-bond acceptors (Lipinski definition) is 3. The van der Waals surface area contributed by atoms with Crippen molar-refractivity contribution < 1.29 is 13.9 Å². The summed E-state index contributed by atoms with van der Waals surface area (Å²) in [4.78, 5) is 12.4. The molecule has 1 heterocycles. The number of ether oxygens (including phenoxy) is 1. The fraction of sp³-hybridized carbons (Fsp3) is 0.227. The molecule has 3 aromatic rings. The largest absolute Gasteiger partial charge is 0.485 e. The number of rotatable bonds is 5. The first kappa shape index (κ1) is 17.8. The van der Waals surface area contributed by atoms with Crippen molar-refractivity contribution in [1.29, 1.82) is 0 Å². The number of aryl methyl sites for hydroxylation is 3. The van der Waals surface area contributed by atoms with E-state index in [4.69, 9.17) is 9.15 Å². The Balaban J connectivity index is 1.66. The lowest BCUT2D eigenvalue weighted by Crippen LogP contribution is -2.12. The Morgan fingerprint density at radius 3 is 2.62 bits per heavy atom. The SMILES string of the molecule is Cc1ccc(C)c(OCc2ccc(C(=O)Nc3cccc(C)c3C)o2)c1. The fourth-order valence-electron chi connectivity index (χ4n) is 2.66. The van der Waals surface area contributed by atoms with Crippen LogP contribution >= 0.6 is 0 Å². The molecule has 1 amide bonds. The van der Waals surface area contributed by atoms with Crippen molar-refractivity contribution >= 4 is 11.6 Å². The summed E-state index contributed by atoms with van der Waals surface area (Å²) in [5, 5.41) is 2.90. The average Bonchev–Trinajstić information content (AvgIpc) is 3.09. The minimum atomic E-state index is -0.267. The fourth-order valence-corrected chi connectivity index (χ4v) is 2.66. The Hall–Kier alpha value is -3.01. The Morgan fingerprint density at radius 2 is 1.81 bits per heavy atom. The molecule has 1 aromatic heterocycles. The van der Waals surface area contributed by atoms with Crippen molar-refractivity contribution in [1.82, 2.24) is 0 Å². The van der Waals surface area contributed by atoms with E-state index in [1.807, 2.05) is 64.1 Å². The highest BCUT2D eigenvalue weighted by Crippen LogP contribution is 2.22. The molecule has 0 unspecified atom stereocenters. The first-order chi connectivity index (χ1) is 12.4. The lowest BCUT2D eigenvalue weighted by molar-refractivity contribution is 0.0992. The second-order valence-corrected chi connectivity index (χ2v) is 6.53. The second-order valence-electron chi connectivity index (χ2n) is 6.53. The Kier molecular flexibility index (Phi) is 5.12. The molecule has 0 saturated heterocycles. The molecule has 0 fully saturated rings. The Bertz CT molecular complexity index is 940. The summed E-state index contributed by atoms with van der Waals surface area (Å²) in [5.41, 5.74) is 5.17. The summed E-state index contributed by atoms with van der Waals surface area (Å²) in [6.45, 7) is 8.30. The van der Waals surface area contributed by atoms with Gasteiger partial charge in [-0.15, -0.1) is 0 Å². The molecule has 0 aliphatic rings. The number of furan rings is 1. The summed E-state index contributed by atoms with van der Waals surface area (Å²) in [7, 11) is 0. The van der Waals surface area contributed by atoms with Gasteiger partial charge < -0.3 is 14.5 Å². The van der Waals surface area contributed by atoms with Crippen LogP contribution in [-0.2, 0) is 6.61 Å². The van der Waals surface area contributed by atoms with Crippen molar-refractivity contribution in [2.24, 2.45) is 0 Å². The van der Waals surface area contributed by atoms with Gasteiger partial charge in [-0.2, -0.15) is 0 Å². The summed E-state index contributed by atoms with van der Waals surface area (Å²) in [5.74, 6) is 1.43. The third-order valence-electron chi connectivity index (χ3n) is 4.45. The standard InChI is InChI=1S/C22H23NO3/c1-14-8-9-16(3)21(12-14)25-13-18-10-11-20(26-18)22(24)23-19-7-5-6-15(2)17(19)4/h5-12H,13H2,1-4H3,(H,23,24). The Morgan fingerprint density at radius 1 is 1.00 bits per heavy atom. The van der Waals surface area contributed by atoms with E-state index in [0.717, 1.165) is 33.7 Å². The molecule has 1 N–H and O–H groups in total. The number of carbonyl (C=O) groups excluding carboxylic acids is 1. The quantitative estimate of drug-likeness (QED) is 0.676. The Labute approximate surface area is 153 Å². The smallest absolute Gasteiger partial charge is 0.291 e. The highest BCUT2D eigenvalue weighted by molar-refractivity contribution is 6.02. The normalized spacial score (nSPS) is 10.6. The maximum absolute atomic E-state index is 12.4. The lowest BCUT2D eigenvalue weighted by atomic mass is 10.1. The molecule has 134 valence electrons. The maximum atomic E-state index is 12.4. The third-order valence-corrected chi connectivity index (χ3v) is 4.45. The number of hydrogen-bond donors (Lipinski definition) is 1. The van der Waals surface area contributed by atoms with Gasteiger partial charge in [0.05, 0.1) is 0 Å². The first-order valence-electron chi connectivity index (χ1n) is 8.60. The number of amides is 1. The highest BCUT2D eigenvalue weighted by Gasteiger charge is 2.13. The van der Waals surface area contributed by atoms with Gasteiger partial charge in [0.2, 0.25) is 0 Å². The van der Waals surface area contributed by atoms with Gasteiger partial charge in [0, 0.05) is 5.69 Å². The predicted octanol–water partition coefficient (Wildman–Crippen LogP) is 5.34. The molecule has 0 aliphatic heterocycles. The minimum Gasteiger partial charge on any atom is -0.485 e. The zero-order valence-electron chi connectivity index (χ0n) is 15.6. The van der Waals surface area contributed by atoms with Crippen LogP contribution in [0.2, 0.25) is 0 Å². The number of nitrogens with one attached hydrogen (secondary N) is 1. The molecular formula is C22H23NO3. The van der Waals surface area contributed by atoms with E-state index in [-0.39, 0.29) is 18.3 Å². The van der Waals surface area contributed by atoms with Crippen LogP contribution in [0.3, 0.4) is 0 Å². The molecule has 3 rings (SSSR count). The van der Waals surface area contributed by atoms with E-state index >= 15 is 0 Å². The van der Waals surface area contributed by atoms with E-state index in [1.165, 1.54) is 0 Å². The predicted molar refractivity (Wildman–Crippen MR) is 103 cm³/mol. The van der Waals surface area contributed by atoms with Crippen LogP contribution in [0.25, 0.3) is 0 Å². The van der Waals surface area contributed by atoms with Crippen molar-refractivity contribution in [2.75, 3.05) is 5.32 Å². The number of benzene rings is 2.